The van der Waals surface area contributed by atoms with E-state index in [1.165, 1.54) is 12.4 Å². The summed E-state index contributed by atoms with van der Waals surface area (Å²) < 4.78 is 0. The maximum atomic E-state index is 12.5. The Kier molecular flexibility index (Phi) is 6.15. The van der Waals surface area contributed by atoms with Crippen LogP contribution in [0.5, 0.6) is 0 Å². The molecule has 5 nitrogen and oxygen atoms in total. The minimum Gasteiger partial charge on any atom is -0.345 e. The van der Waals surface area contributed by atoms with Crippen LogP contribution in [-0.4, -0.2) is 10.9 Å². The third-order valence-corrected chi connectivity index (χ3v) is 3.85. The summed E-state index contributed by atoms with van der Waals surface area (Å²) in [5, 5.41) is 15.5. The van der Waals surface area contributed by atoms with Gasteiger partial charge in [0, 0.05) is 23.1 Å². The Balaban J connectivity index is 2.21. The van der Waals surface area contributed by atoms with Crippen LogP contribution < -0.4 is 10.6 Å². The van der Waals surface area contributed by atoms with Crippen molar-refractivity contribution in [3.63, 3.8) is 0 Å². The third kappa shape index (κ3) is 4.82. The van der Waals surface area contributed by atoms with Crippen molar-refractivity contribution in [3.05, 3.63) is 64.5 Å². The molecular weight excluding hydrogens is 336 g/mol. The molecule has 0 aliphatic heterocycles. The number of benzene rings is 1. The van der Waals surface area contributed by atoms with E-state index >= 15 is 0 Å². The van der Waals surface area contributed by atoms with Gasteiger partial charge in [-0.15, -0.1) is 0 Å². The lowest BCUT2D eigenvalue weighted by atomic mass is 9.98. The number of pyridine rings is 1. The van der Waals surface area contributed by atoms with Gasteiger partial charge in [-0.25, -0.2) is 4.98 Å². The highest BCUT2D eigenvalue weighted by molar-refractivity contribution is 6.30. The largest absolute Gasteiger partial charge is 0.345 e. The van der Waals surface area contributed by atoms with Crippen LogP contribution in [0.3, 0.4) is 0 Å². The molecule has 0 saturated carbocycles. The zero-order chi connectivity index (χ0) is 18.4. The normalized spacial score (nSPS) is 11.1. The summed E-state index contributed by atoms with van der Waals surface area (Å²) in [5.41, 5.74) is 2.65. The van der Waals surface area contributed by atoms with Crippen molar-refractivity contribution in [2.24, 2.45) is 0 Å². The average Bonchev–Trinajstić information content (AvgIpc) is 2.57. The molecule has 0 fully saturated rings. The summed E-state index contributed by atoms with van der Waals surface area (Å²) in [6.07, 6.45) is 2.86. The number of carbonyl (C=O) groups is 1. The number of hydrogen-bond donors (Lipinski definition) is 2. The van der Waals surface area contributed by atoms with Crippen LogP contribution >= 0.6 is 11.6 Å². The van der Waals surface area contributed by atoms with Crippen LogP contribution in [0.25, 0.3) is 0 Å². The van der Waals surface area contributed by atoms with Crippen molar-refractivity contribution in [3.8, 4) is 6.07 Å². The van der Waals surface area contributed by atoms with Gasteiger partial charge in [0.2, 0.25) is 0 Å². The number of aromatic nitrogens is 1. The van der Waals surface area contributed by atoms with E-state index in [4.69, 9.17) is 11.6 Å². The highest BCUT2D eigenvalue weighted by Crippen LogP contribution is 2.27. The van der Waals surface area contributed by atoms with E-state index in [1.807, 2.05) is 31.2 Å². The lowest BCUT2D eigenvalue weighted by Crippen LogP contribution is -2.17. The Morgan fingerprint density at radius 1 is 1.36 bits per heavy atom. The first kappa shape index (κ1) is 18.5. The first-order valence-electron chi connectivity index (χ1n) is 7.81. The molecule has 0 spiro atoms. The smallest absolute Gasteiger partial charge is 0.267 e. The van der Waals surface area contributed by atoms with E-state index in [9.17, 15) is 10.1 Å². The summed E-state index contributed by atoms with van der Waals surface area (Å²) in [6, 6.07) is 11.0. The average molecular weight is 355 g/mol. The molecule has 0 unspecified atom stereocenters. The Hall–Kier alpha value is -2.84. The zero-order valence-corrected chi connectivity index (χ0v) is 15.1. The van der Waals surface area contributed by atoms with Crippen LogP contribution in [0.2, 0.25) is 5.02 Å². The Morgan fingerprint density at radius 3 is 2.76 bits per heavy atom. The van der Waals surface area contributed by atoms with E-state index in [0.29, 0.717) is 10.8 Å². The number of para-hydroxylation sites is 1. The van der Waals surface area contributed by atoms with Gasteiger partial charge in [0.05, 0.1) is 0 Å². The Bertz CT molecular complexity index is 853. The molecule has 128 valence electrons. The Labute approximate surface area is 152 Å². The fourth-order valence-corrected chi connectivity index (χ4v) is 2.46. The number of nitrogens with one attached hydrogen (secondary N) is 2. The monoisotopic (exact) mass is 354 g/mol. The molecule has 1 amide bonds. The van der Waals surface area contributed by atoms with E-state index in [0.717, 1.165) is 16.8 Å². The molecule has 0 bridgehead atoms. The van der Waals surface area contributed by atoms with Crippen molar-refractivity contribution < 1.29 is 4.79 Å². The summed E-state index contributed by atoms with van der Waals surface area (Å²) in [5.74, 6) is 0.221. The lowest BCUT2D eigenvalue weighted by Gasteiger charge is -2.16. The summed E-state index contributed by atoms with van der Waals surface area (Å²) >= 11 is 5.88. The molecule has 1 aromatic heterocycles. The maximum absolute atomic E-state index is 12.5. The number of halogens is 1. The molecule has 2 N–H and O–H groups in total. The van der Waals surface area contributed by atoms with Gasteiger partial charge in [-0.1, -0.05) is 43.6 Å². The van der Waals surface area contributed by atoms with Crippen LogP contribution in [-0.2, 0) is 4.79 Å². The third-order valence-electron chi connectivity index (χ3n) is 3.62. The molecule has 0 radical (unpaired) electrons. The molecule has 0 aliphatic rings. The number of hydrogen-bond acceptors (Lipinski definition) is 4. The van der Waals surface area contributed by atoms with Gasteiger partial charge in [0.25, 0.3) is 5.91 Å². The van der Waals surface area contributed by atoms with Crippen molar-refractivity contribution in [2.45, 2.75) is 26.7 Å². The fourth-order valence-electron chi connectivity index (χ4n) is 2.30. The van der Waals surface area contributed by atoms with Crippen LogP contribution in [0.15, 0.2) is 48.3 Å². The zero-order valence-electron chi connectivity index (χ0n) is 14.3. The summed E-state index contributed by atoms with van der Waals surface area (Å²) in [7, 11) is 0. The van der Waals surface area contributed by atoms with Gasteiger partial charge in [0.1, 0.15) is 17.5 Å². The first-order chi connectivity index (χ1) is 11.9. The number of nitrogens with zero attached hydrogens (tertiary/aromatic N) is 2. The lowest BCUT2D eigenvalue weighted by molar-refractivity contribution is -0.112. The molecule has 0 saturated heterocycles. The molecule has 2 aromatic rings. The van der Waals surface area contributed by atoms with E-state index < -0.39 is 5.91 Å². The minimum atomic E-state index is -0.478. The predicted octanol–water partition coefficient (Wildman–Crippen LogP) is 4.62. The molecule has 1 aromatic carbocycles. The first-order valence-corrected chi connectivity index (χ1v) is 8.19. The molecule has 6 heteroatoms. The van der Waals surface area contributed by atoms with Crippen LogP contribution in [0.4, 0.5) is 11.5 Å². The van der Waals surface area contributed by atoms with Crippen molar-refractivity contribution >= 4 is 29.0 Å². The second kappa shape index (κ2) is 8.32. The maximum Gasteiger partial charge on any atom is 0.267 e. The van der Waals surface area contributed by atoms with Gasteiger partial charge in [-0.05, 0) is 36.1 Å². The second-order valence-electron chi connectivity index (χ2n) is 5.82. The number of carbonyl (C=O) groups excluding carboxylic acids is 1. The molecule has 1 heterocycles. The summed E-state index contributed by atoms with van der Waals surface area (Å²) in [6.45, 7) is 6.03. The molecule has 0 atom stereocenters. The topological polar surface area (TPSA) is 77.8 Å². The summed E-state index contributed by atoms with van der Waals surface area (Å²) in [4.78, 5) is 16.5. The molecule has 0 aliphatic carbocycles. The molecule has 25 heavy (non-hydrogen) atoms. The highest BCUT2D eigenvalue weighted by atomic mass is 35.5. The van der Waals surface area contributed by atoms with E-state index in [2.05, 4.69) is 29.5 Å². The SMILES string of the molecule is Cc1cccc(C(C)C)c1NC(=O)/C(C#N)=C\Nc1cc(Cl)ccn1. The molecular formula is C19H19ClN4O. The Morgan fingerprint density at radius 2 is 2.12 bits per heavy atom. The fraction of sp³-hybridized carbons (Fsp3) is 0.211. The van der Waals surface area contributed by atoms with Gasteiger partial charge < -0.3 is 10.6 Å². The molecule has 2 rings (SSSR count). The van der Waals surface area contributed by atoms with Crippen molar-refractivity contribution in [1.82, 2.24) is 4.98 Å². The van der Waals surface area contributed by atoms with Gasteiger partial charge >= 0.3 is 0 Å². The van der Waals surface area contributed by atoms with Gasteiger partial charge in [-0.3, -0.25) is 4.79 Å². The second-order valence-corrected chi connectivity index (χ2v) is 6.26. The van der Waals surface area contributed by atoms with E-state index in [-0.39, 0.29) is 11.5 Å². The van der Waals surface area contributed by atoms with Crippen molar-refractivity contribution in [1.29, 1.82) is 5.26 Å². The number of anilines is 2. The van der Waals surface area contributed by atoms with Gasteiger partial charge in [-0.2, -0.15) is 5.26 Å². The van der Waals surface area contributed by atoms with Gasteiger partial charge in [0.15, 0.2) is 0 Å². The quantitative estimate of drug-likeness (QED) is 0.606. The number of nitriles is 1. The minimum absolute atomic E-state index is 0.0558. The highest BCUT2D eigenvalue weighted by Gasteiger charge is 2.15. The predicted molar refractivity (Wildman–Crippen MR) is 100 cm³/mol. The van der Waals surface area contributed by atoms with Crippen LogP contribution in [0, 0.1) is 18.3 Å². The number of aryl methyl sites for hydroxylation is 1. The van der Waals surface area contributed by atoms with Crippen molar-refractivity contribution in [2.75, 3.05) is 10.6 Å². The van der Waals surface area contributed by atoms with E-state index in [1.54, 1.807) is 12.1 Å². The standard InChI is InChI=1S/C19H19ClN4O/c1-12(2)16-6-4-5-13(3)18(16)24-19(25)14(10-21)11-23-17-9-15(20)7-8-22-17/h4-9,11-12H,1-3H3,(H,22,23)(H,24,25)/b14-11-. The van der Waals surface area contributed by atoms with Crippen LogP contribution in [0.1, 0.15) is 30.9 Å². The number of rotatable bonds is 5. The number of amides is 1.